The molecule has 0 bridgehead atoms. The molecule has 1 aliphatic heterocycles. The molecule has 2 rings (SSSR count). The average Bonchev–Trinajstić information content (AvgIpc) is 2.58. The third-order valence-electron chi connectivity index (χ3n) is 2.54. The molecule has 1 aliphatic rings. The van der Waals surface area contributed by atoms with Gasteiger partial charge in [-0.05, 0) is 24.3 Å². The van der Waals surface area contributed by atoms with Gasteiger partial charge in [0, 0.05) is 25.9 Å². The molecule has 82 valence electrons. The number of nitrogens with one attached hydrogen (secondary N) is 1. The SMILES string of the molecule is CNc1cccc(N2CCCSCC2)n1. The topological polar surface area (TPSA) is 28.2 Å². The summed E-state index contributed by atoms with van der Waals surface area (Å²) in [6, 6.07) is 6.15. The molecule has 0 unspecified atom stereocenters. The van der Waals surface area contributed by atoms with Crippen LogP contribution in [-0.2, 0) is 0 Å². The number of thioether (sulfide) groups is 1. The summed E-state index contributed by atoms with van der Waals surface area (Å²) in [6.45, 7) is 2.25. The van der Waals surface area contributed by atoms with Crippen molar-refractivity contribution in [1.29, 1.82) is 0 Å². The van der Waals surface area contributed by atoms with Crippen molar-refractivity contribution < 1.29 is 0 Å². The molecule has 2 heterocycles. The highest BCUT2D eigenvalue weighted by molar-refractivity contribution is 7.99. The van der Waals surface area contributed by atoms with Gasteiger partial charge in [-0.25, -0.2) is 4.98 Å². The minimum Gasteiger partial charge on any atom is -0.373 e. The predicted octanol–water partition coefficient (Wildman–Crippen LogP) is 2.07. The van der Waals surface area contributed by atoms with Gasteiger partial charge in [0.1, 0.15) is 11.6 Å². The van der Waals surface area contributed by atoms with Gasteiger partial charge < -0.3 is 10.2 Å². The molecule has 0 spiro atoms. The lowest BCUT2D eigenvalue weighted by Crippen LogP contribution is -2.26. The summed E-state index contributed by atoms with van der Waals surface area (Å²) in [5, 5.41) is 3.08. The predicted molar refractivity (Wildman–Crippen MR) is 67.9 cm³/mol. The van der Waals surface area contributed by atoms with Crippen molar-refractivity contribution in [2.75, 3.05) is 41.9 Å². The van der Waals surface area contributed by atoms with E-state index in [-0.39, 0.29) is 0 Å². The number of pyridine rings is 1. The van der Waals surface area contributed by atoms with E-state index in [4.69, 9.17) is 0 Å². The Kier molecular flexibility index (Phi) is 3.72. The molecule has 3 nitrogen and oxygen atoms in total. The molecule has 0 radical (unpaired) electrons. The molecule has 0 aromatic carbocycles. The van der Waals surface area contributed by atoms with Crippen LogP contribution in [0.1, 0.15) is 6.42 Å². The molecule has 15 heavy (non-hydrogen) atoms. The Bertz CT molecular complexity index is 308. The Labute approximate surface area is 95.3 Å². The average molecular weight is 223 g/mol. The molecular formula is C11H17N3S. The molecule has 1 saturated heterocycles. The standard InChI is InChI=1S/C11H17N3S/c1-12-10-4-2-5-11(13-10)14-6-3-8-15-9-7-14/h2,4-5H,3,6-9H2,1H3,(H,12,13). The van der Waals surface area contributed by atoms with Gasteiger partial charge in [-0.15, -0.1) is 0 Å². The van der Waals surface area contributed by atoms with Crippen LogP contribution in [0, 0.1) is 0 Å². The van der Waals surface area contributed by atoms with Gasteiger partial charge in [-0.1, -0.05) is 6.07 Å². The van der Waals surface area contributed by atoms with Gasteiger partial charge in [0.25, 0.3) is 0 Å². The first kappa shape index (κ1) is 10.6. The zero-order valence-corrected chi connectivity index (χ0v) is 9.89. The second-order valence-electron chi connectivity index (χ2n) is 3.58. The Hall–Kier alpha value is -0.900. The van der Waals surface area contributed by atoms with E-state index < -0.39 is 0 Å². The van der Waals surface area contributed by atoms with Gasteiger partial charge in [-0.2, -0.15) is 11.8 Å². The van der Waals surface area contributed by atoms with Crippen LogP contribution in [-0.4, -0.2) is 36.6 Å². The summed E-state index contributed by atoms with van der Waals surface area (Å²) >= 11 is 2.04. The lowest BCUT2D eigenvalue weighted by molar-refractivity contribution is 0.802. The highest BCUT2D eigenvalue weighted by Crippen LogP contribution is 2.18. The van der Waals surface area contributed by atoms with E-state index >= 15 is 0 Å². The van der Waals surface area contributed by atoms with Crippen molar-refractivity contribution in [2.45, 2.75) is 6.42 Å². The summed E-state index contributed by atoms with van der Waals surface area (Å²) in [4.78, 5) is 6.94. The Balaban J connectivity index is 2.12. The lowest BCUT2D eigenvalue weighted by atomic mass is 10.3. The fourth-order valence-corrected chi connectivity index (χ4v) is 2.60. The number of rotatable bonds is 2. The van der Waals surface area contributed by atoms with Crippen LogP contribution in [0.4, 0.5) is 11.6 Å². The minimum atomic E-state index is 0.949. The van der Waals surface area contributed by atoms with Crippen LogP contribution >= 0.6 is 11.8 Å². The van der Waals surface area contributed by atoms with Crippen LogP contribution in [0.3, 0.4) is 0 Å². The van der Waals surface area contributed by atoms with Crippen molar-refractivity contribution >= 4 is 23.4 Å². The molecular weight excluding hydrogens is 206 g/mol. The lowest BCUT2D eigenvalue weighted by Gasteiger charge is -2.21. The summed E-state index contributed by atoms with van der Waals surface area (Å²) in [6.07, 6.45) is 1.26. The van der Waals surface area contributed by atoms with Crippen molar-refractivity contribution in [3.63, 3.8) is 0 Å². The Morgan fingerprint density at radius 2 is 2.27 bits per heavy atom. The van der Waals surface area contributed by atoms with Gasteiger partial charge in [0.2, 0.25) is 0 Å². The Morgan fingerprint density at radius 3 is 3.13 bits per heavy atom. The molecule has 0 atom stereocenters. The van der Waals surface area contributed by atoms with Crippen LogP contribution in [0.2, 0.25) is 0 Å². The van der Waals surface area contributed by atoms with E-state index in [0.29, 0.717) is 0 Å². The highest BCUT2D eigenvalue weighted by Gasteiger charge is 2.10. The third-order valence-corrected chi connectivity index (χ3v) is 3.59. The van der Waals surface area contributed by atoms with Crippen LogP contribution < -0.4 is 10.2 Å². The van der Waals surface area contributed by atoms with Crippen LogP contribution in [0.15, 0.2) is 18.2 Å². The van der Waals surface area contributed by atoms with E-state index in [1.165, 1.54) is 17.9 Å². The van der Waals surface area contributed by atoms with Gasteiger partial charge in [0.15, 0.2) is 0 Å². The molecule has 0 saturated carbocycles. The van der Waals surface area contributed by atoms with E-state index in [2.05, 4.69) is 27.3 Å². The second-order valence-corrected chi connectivity index (χ2v) is 4.81. The first-order valence-electron chi connectivity index (χ1n) is 5.37. The molecule has 1 aromatic heterocycles. The molecule has 0 amide bonds. The van der Waals surface area contributed by atoms with E-state index in [1.54, 1.807) is 0 Å². The maximum absolute atomic E-state index is 4.56. The molecule has 1 aromatic rings. The quantitative estimate of drug-likeness (QED) is 0.831. The number of nitrogens with zero attached hydrogens (tertiary/aromatic N) is 2. The Morgan fingerprint density at radius 1 is 1.33 bits per heavy atom. The van der Waals surface area contributed by atoms with E-state index in [1.807, 2.05) is 24.9 Å². The highest BCUT2D eigenvalue weighted by atomic mass is 32.2. The molecule has 4 heteroatoms. The van der Waals surface area contributed by atoms with Crippen molar-refractivity contribution in [3.8, 4) is 0 Å². The van der Waals surface area contributed by atoms with Crippen LogP contribution in [0.5, 0.6) is 0 Å². The summed E-state index contributed by atoms with van der Waals surface area (Å²) in [7, 11) is 1.91. The number of aromatic nitrogens is 1. The number of hydrogen-bond acceptors (Lipinski definition) is 4. The number of anilines is 2. The maximum Gasteiger partial charge on any atom is 0.130 e. The van der Waals surface area contributed by atoms with Gasteiger partial charge in [0.05, 0.1) is 0 Å². The largest absolute Gasteiger partial charge is 0.373 e. The van der Waals surface area contributed by atoms with Gasteiger partial charge >= 0.3 is 0 Å². The van der Waals surface area contributed by atoms with E-state index in [0.717, 1.165) is 24.7 Å². The maximum atomic E-state index is 4.56. The smallest absolute Gasteiger partial charge is 0.130 e. The zero-order chi connectivity index (χ0) is 10.5. The monoisotopic (exact) mass is 223 g/mol. The second kappa shape index (κ2) is 5.26. The van der Waals surface area contributed by atoms with E-state index in [9.17, 15) is 0 Å². The summed E-state index contributed by atoms with van der Waals surface area (Å²) in [5.41, 5.74) is 0. The molecule has 1 N–H and O–H groups in total. The number of hydrogen-bond donors (Lipinski definition) is 1. The van der Waals surface area contributed by atoms with Gasteiger partial charge in [-0.3, -0.25) is 0 Å². The summed E-state index contributed by atoms with van der Waals surface area (Å²) in [5.74, 6) is 4.54. The first-order chi connectivity index (χ1) is 7.40. The van der Waals surface area contributed by atoms with Crippen LogP contribution in [0.25, 0.3) is 0 Å². The fraction of sp³-hybridized carbons (Fsp3) is 0.545. The van der Waals surface area contributed by atoms with Crippen molar-refractivity contribution in [2.24, 2.45) is 0 Å². The fourth-order valence-electron chi connectivity index (χ4n) is 1.71. The molecule has 1 fully saturated rings. The first-order valence-corrected chi connectivity index (χ1v) is 6.53. The molecule has 0 aliphatic carbocycles. The van der Waals surface area contributed by atoms with Crippen molar-refractivity contribution in [1.82, 2.24) is 4.98 Å². The van der Waals surface area contributed by atoms with Crippen molar-refractivity contribution in [3.05, 3.63) is 18.2 Å². The minimum absolute atomic E-state index is 0.949. The summed E-state index contributed by atoms with van der Waals surface area (Å²) < 4.78 is 0. The zero-order valence-electron chi connectivity index (χ0n) is 9.07. The normalized spacial score (nSPS) is 17.3. The third kappa shape index (κ3) is 2.78.